The van der Waals surface area contributed by atoms with Crippen LogP contribution in [0.25, 0.3) is 0 Å². The van der Waals surface area contributed by atoms with Crippen molar-refractivity contribution in [2.45, 2.75) is 20.4 Å². The van der Waals surface area contributed by atoms with Crippen molar-refractivity contribution in [1.82, 2.24) is 10.2 Å². The minimum atomic E-state index is 0.714. The van der Waals surface area contributed by atoms with Gasteiger partial charge in [-0.05, 0) is 31.3 Å². The van der Waals surface area contributed by atoms with Crippen molar-refractivity contribution in [1.29, 1.82) is 0 Å². The van der Waals surface area contributed by atoms with Gasteiger partial charge in [-0.25, -0.2) is 0 Å². The van der Waals surface area contributed by atoms with Crippen LogP contribution >= 0.6 is 15.9 Å². The number of likely N-dealkylation sites (N-methyl/N-ethyl adjacent to an activating group) is 1. The van der Waals surface area contributed by atoms with E-state index in [0.29, 0.717) is 13.2 Å². The number of hydrogen-bond acceptors (Lipinski definition) is 4. The first-order chi connectivity index (χ1) is 10.2. The fourth-order valence-electron chi connectivity index (χ4n) is 2.05. The Labute approximate surface area is 136 Å². The van der Waals surface area contributed by atoms with E-state index in [1.807, 2.05) is 12.1 Å². The van der Waals surface area contributed by atoms with Gasteiger partial charge in [0.1, 0.15) is 12.4 Å². The maximum Gasteiger partial charge on any atom is 0.123 e. The Kier molecular flexibility index (Phi) is 9.67. The fraction of sp³-hybridized carbons (Fsp3) is 0.625. The third kappa shape index (κ3) is 7.27. The Hall–Kier alpha value is -0.620. The SMILES string of the molecule is CCN(CC)CCOc1ccc(Br)cc1CNCCOC. The summed E-state index contributed by atoms with van der Waals surface area (Å²) >= 11 is 3.52. The van der Waals surface area contributed by atoms with Gasteiger partial charge >= 0.3 is 0 Å². The summed E-state index contributed by atoms with van der Waals surface area (Å²) in [5.74, 6) is 0.954. The average Bonchev–Trinajstić information content (AvgIpc) is 2.50. The topological polar surface area (TPSA) is 33.7 Å². The second-order valence-electron chi connectivity index (χ2n) is 4.80. The normalized spacial score (nSPS) is 11.1. The van der Waals surface area contributed by atoms with Crippen LogP contribution in [0.4, 0.5) is 0 Å². The summed E-state index contributed by atoms with van der Waals surface area (Å²) in [6.45, 7) is 10.5. The first-order valence-corrected chi connectivity index (χ1v) is 8.33. The van der Waals surface area contributed by atoms with E-state index >= 15 is 0 Å². The van der Waals surface area contributed by atoms with Crippen molar-refractivity contribution in [2.75, 3.05) is 46.5 Å². The van der Waals surface area contributed by atoms with Gasteiger partial charge in [-0.1, -0.05) is 29.8 Å². The number of hydrogen-bond donors (Lipinski definition) is 1. The Morgan fingerprint density at radius 3 is 2.62 bits per heavy atom. The predicted octanol–water partition coefficient (Wildman–Crippen LogP) is 2.91. The van der Waals surface area contributed by atoms with Crippen LogP contribution in [0.5, 0.6) is 5.75 Å². The molecule has 0 radical (unpaired) electrons. The summed E-state index contributed by atoms with van der Waals surface area (Å²) in [5.41, 5.74) is 1.17. The van der Waals surface area contributed by atoms with Gasteiger partial charge in [-0.3, -0.25) is 0 Å². The molecule has 4 nitrogen and oxygen atoms in total. The number of halogens is 1. The molecule has 0 heterocycles. The van der Waals surface area contributed by atoms with Crippen molar-refractivity contribution >= 4 is 15.9 Å². The van der Waals surface area contributed by atoms with Crippen LogP contribution in [-0.4, -0.2) is 51.4 Å². The maximum absolute atomic E-state index is 5.95. The average molecular weight is 359 g/mol. The van der Waals surface area contributed by atoms with Crippen molar-refractivity contribution in [2.24, 2.45) is 0 Å². The molecule has 0 fully saturated rings. The molecule has 21 heavy (non-hydrogen) atoms. The third-order valence-corrected chi connectivity index (χ3v) is 3.87. The van der Waals surface area contributed by atoms with Gasteiger partial charge in [0.05, 0.1) is 6.61 Å². The van der Waals surface area contributed by atoms with Crippen molar-refractivity contribution < 1.29 is 9.47 Å². The predicted molar refractivity (Wildman–Crippen MR) is 91.0 cm³/mol. The van der Waals surface area contributed by atoms with Crippen LogP contribution in [0.2, 0.25) is 0 Å². The van der Waals surface area contributed by atoms with E-state index in [9.17, 15) is 0 Å². The van der Waals surface area contributed by atoms with E-state index in [1.54, 1.807) is 7.11 Å². The van der Waals surface area contributed by atoms with Gasteiger partial charge in [-0.15, -0.1) is 0 Å². The number of methoxy groups -OCH3 is 1. The second-order valence-corrected chi connectivity index (χ2v) is 5.71. The molecule has 0 aliphatic carbocycles. The molecule has 0 aliphatic heterocycles. The largest absolute Gasteiger partial charge is 0.492 e. The second kappa shape index (κ2) is 11.0. The third-order valence-electron chi connectivity index (χ3n) is 3.38. The van der Waals surface area contributed by atoms with Gasteiger partial charge < -0.3 is 19.7 Å². The molecule has 0 saturated heterocycles. The molecule has 0 amide bonds. The lowest BCUT2D eigenvalue weighted by atomic mass is 10.2. The molecule has 1 rings (SSSR count). The van der Waals surface area contributed by atoms with Gasteiger partial charge in [0.2, 0.25) is 0 Å². The van der Waals surface area contributed by atoms with Crippen LogP contribution in [0.15, 0.2) is 22.7 Å². The molecule has 0 atom stereocenters. The highest BCUT2D eigenvalue weighted by molar-refractivity contribution is 9.10. The van der Waals surface area contributed by atoms with E-state index in [1.165, 1.54) is 5.56 Å². The fourth-order valence-corrected chi connectivity index (χ4v) is 2.46. The lowest BCUT2D eigenvalue weighted by Gasteiger charge is -2.19. The molecule has 120 valence electrons. The maximum atomic E-state index is 5.95. The zero-order valence-corrected chi connectivity index (χ0v) is 14.9. The Balaban J connectivity index is 2.51. The number of nitrogens with one attached hydrogen (secondary N) is 1. The Bertz CT molecular complexity index is 398. The van der Waals surface area contributed by atoms with Crippen LogP contribution in [-0.2, 0) is 11.3 Å². The summed E-state index contributed by atoms with van der Waals surface area (Å²) in [6, 6.07) is 6.15. The van der Waals surface area contributed by atoms with E-state index in [2.05, 4.69) is 46.1 Å². The smallest absolute Gasteiger partial charge is 0.123 e. The molecule has 1 aromatic rings. The van der Waals surface area contributed by atoms with Gasteiger partial charge in [0.15, 0.2) is 0 Å². The van der Waals surface area contributed by atoms with E-state index in [4.69, 9.17) is 9.47 Å². The highest BCUT2D eigenvalue weighted by Gasteiger charge is 2.06. The monoisotopic (exact) mass is 358 g/mol. The number of rotatable bonds is 11. The van der Waals surface area contributed by atoms with E-state index < -0.39 is 0 Å². The molecule has 0 aromatic heterocycles. The zero-order chi connectivity index (χ0) is 15.5. The molecule has 5 heteroatoms. The van der Waals surface area contributed by atoms with Crippen molar-refractivity contribution in [3.05, 3.63) is 28.2 Å². The first kappa shape index (κ1) is 18.4. The zero-order valence-electron chi connectivity index (χ0n) is 13.3. The van der Waals surface area contributed by atoms with E-state index in [0.717, 1.165) is 42.9 Å². The molecule has 0 bridgehead atoms. The summed E-state index contributed by atoms with van der Waals surface area (Å²) in [7, 11) is 1.71. The molecular formula is C16H27BrN2O2. The summed E-state index contributed by atoms with van der Waals surface area (Å²) < 4.78 is 12.1. The Morgan fingerprint density at radius 2 is 1.95 bits per heavy atom. The van der Waals surface area contributed by atoms with Crippen molar-refractivity contribution in [3.8, 4) is 5.75 Å². The molecule has 0 unspecified atom stereocenters. The Morgan fingerprint density at radius 1 is 1.19 bits per heavy atom. The quantitative estimate of drug-likeness (QED) is 0.616. The molecule has 0 aliphatic rings. The molecule has 1 aromatic carbocycles. The lowest BCUT2D eigenvalue weighted by Crippen LogP contribution is -2.28. The standard InChI is InChI=1S/C16H27BrN2O2/c1-4-19(5-2)9-11-21-16-7-6-15(17)12-14(16)13-18-8-10-20-3/h6-7,12,18H,4-5,8-11,13H2,1-3H3. The lowest BCUT2D eigenvalue weighted by molar-refractivity contribution is 0.198. The van der Waals surface area contributed by atoms with E-state index in [-0.39, 0.29) is 0 Å². The number of nitrogens with zero attached hydrogens (tertiary/aromatic N) is 1. The van der Waals surface area contributed by atoms with Crippen LogP contribution in [0, 0.1) is 0 Å². The molecule has 0 spiro atoms. The minimum absolute atomic E-state index is 0.714. The van der Waals surface area contributed by atoms with Crippen LogP contribution < -0.4 is 10.1 Å². The number of ether oxygens (including phenoxy) is 2. The van der Waals surface area contributed by atoms with Crippen LogP contribution in [0.1, 0.15) is 19.4 Å². The minimum Gasteiger partial charge on any atom is -0.492 e. The van der Waals surface area contributed by atoms with Crippen LogP contribution in [0.3, 0.4) is 0 Å². The van der Waals surface area contributed by atoms with Gasteiger partial charge in [0.25, 0.3) is 0 Å². The van der Waals surface area contributed by atoms with Crippen molar-refractivity contribution in [3.63, 3.8) is 0 Å². The highest BCUT2D eigenvalue weighted by Crippen LogP contribution is 2.23. The molecule has 0 saturated carbocycles. The summed E-state index contributed by atoms with van der Waals surface area (Å²) in [5, 5.41) is 3.36. The highest BCUT2D eigenvalue weighted by atomic mass is 79.9. The molecular weight excluding hydrogens is 332 g/mol. The van der Waals surface area contributed by atoms with Gasteiger partial charge in [-0.2, -0.15) is 0 Å². The summed E-state index contributed by atoms with van der Waals surface area (Å²) in [4.78, 5) is 2.36. The molecule has 1 N–H and O–H groups in total. The first-order valence-electron chi connectivity index (χ1n) is 7.54. The van der Waals surface area contributed by atoms with Gasteiger partial charge in [0, 0.05) is 36.8 Å². The number of benzene rings is 1. The summed E-state index contributed by atoms with van der Waals surface area (Å²) in [6.07, 6.45) is 0.